The highest BCUT2D eigenvalue weighted by molar-refractivity contribution is 5.70. The maximum absolute atomic E-state index is 11.3. The lowest BCUT2D eigenvalue weighted by Gasteiger charge is -2.39. The number of rotatable bonds is 7. The van der Waals surface area contributed by atoms with Gasteiger partial charge in [0, 0.05) is 0 Å². The highest BCUT2D eigenvalue weighted by atomic mass is 16.8. The smallest absolute Gasteiger partial charge is 0.370 e. The topological polar surface area (TPSA) is 212 Å². The largest absolute Gasteiger partial charge is 0.458 e. The van der Waals surface area contributed by atoms with E-state index in [-0.39, 0.29) is 0 Å². The second-order valence-electron chi connectivity index (χ2n) is 4.87. The van der Waals surface area contributed by atoms with Gasteiger partial charge in [-0.05, 0) is 10.5 Å². The Morgan fingerprint density at radius 1 is 0.875 bits per heavy atom. The van der Waals surface area contributed by atoms with Crippen LogP contribution in [0.2, 0.25) is 0 Å². The second-order valence-corrected chi connectivity index (χ2v) is 4.87. The van der Waals surface area contributed by atoms with E-state index >= 15 is 0 Å². The van der Waals surface area contributed by atoms with Gasteiger partial charge >= 0.3 is 11.9 Å². The molecule has 1 aliphatic rings. The lowest BCUT2D eigenvalue weighted by atomic mass is 9.99. The van der Waals surface area contributed by atoms with E-state index in [4.69, 9.17) is 25.6 Å². The van der Waals surface area contributed by atoms with E-state index in [9.17, 15) is 24.9 Å². The zero-order chi connectivity index (χ0) is 18.4. The zero-order valence-corrected chi connectivity index (χ0v) is 12.2. The van der Waals surface area contributed by atoms with E-state index < -0.39 is 72.8 Å². The molecule has 1 saturated heterocycles. The van der Waals surface area contributed by atoms with Crippen molar-refractivity contribution < 1.29 is 70.4 Å². The van der Waals surface area contributed by atoms with Gasteiger partial charge in [0.05, 0.1) is 0 Å². The Morgan fingerprint density at radius 3 is 1.96 bits per heavy atom. The highest BCUT2D eigenvalue weighted by Gasteiger charge is 2.46. The summed E-state index contributed by atoms with van der Waals surface area (Å²) in [5.41, 5.74) is 0. The Bertz CT molecular complexity index is 430. The molecule has 0 amide bonds. The van der Waals surface area contributed by atoms with Crippen LogP contribution in [0.15, 0.2) is 0 Å². The summed E-state index contributed by atoms with van der Waals surface area (Å²) in [4.78, 5) is 22.5. The first-order valence-electron chi connectivity index (χ1n) is 6.64. The molecule has 0 bridgehead atoms. The van der Waals surface area contributed by atoms with Crippen molar-refractivity contribution >= 4 is 11.9 Å². The molecular formula is C10H20N2O12+2. The van der Waals surface area contributed by atoms with Gasteiger partial charge in [-0.3, -0.25) is 0 Å². The Balaban J connectivity index is 2.62. The maximum atomic E-state index is 11.3. The normalized spacial score (nSPS) is 30.5. The van der Waals surface area contributed by atoms with Crippen LogP contribution in [0.5, 0.6) is 0 Å². The SMILES string of the molecule is O=C(C[NH+](O)O)OCC1OC(OC(=O)C[NH+](O)O)C(O)C(O)C1O. The van der Waals surface area contributed by atoms with Crippen molar-refractivity contribution in [3.63, 3.8) is 0 Å². The predicted octanol–water partition coefficient (Wildman–Crippen LogP) is -6.79. The number of aliphatic hydroxyl groups is 3. The summed E-state index contributed by atoms with van der Waals surface area (Å²) in [6, 6.07) is 0. The summed E-state index contributed by atoms with van der Waals surface area (Å²) in [7, 11) is 0. The van der Waals surface area contributed by atoms with Crippen LogP contribution in [-0.4, -0.2) is 98.5 Å². The van der Waals surface area contributed by atoms with Crippen molar-refractivity contribution in [1.29, 1.82) is 0 Å². The highest BCUT2D eigenvalue weighted by Crippen LogP contribution is 2.22. The average molecular weight is 360 g/mol. The van der Waals surface area contributed by atoms with E-state index in [1.54, 1.807) is 0 Å². The van der Waals surface area contributed by atoms with E-state index in [2.05, 4.69) is 9.47 Å². The van der Waals surface area contributed by atoms with Gasteiger partial charge < -0.3 is 29.5 Å². The van der Waals surface area contributed by atoms with Gasteiger partial charge in [-0.25, -0.2) is 9.59 Å². The van der Waals surface area contributed by atoms with E-state index in [1.807, 2.05) is 0 Å². The Morgan fingerprint density at radius 2 is 1.42 bits per heavy atom. The van der Waals surface area contributed by atoms with Crippen LogP contribution in [0.25, 0.3) is 0 Å². The second kappa shape index (κ2) is 9.14. The molecule has 1 heterocycles. The minimum absolute atomic E-state index is 0.650. The first-order valence-corrected chi connectivity index (χ1v) is 6.64. The van der Waals surface area contributed by atoms with Gasteiger partial charge in [0.2, 0.25) is 19.4 Å². The number of hydrogen-bond donors (Lipinski definition) is 9. The van der Waals surface area contributed by atoms with Crippen LogP contribution < -0.4 is 10.5 Å². The van der Waals surface area contributed by atoms with Crippen LogP contribution in [0, 0.1) is 0 Å². The molecule has 1 rings (SSSR count). The van der Waals surface area contributed by atoms with Crippen molar-refractivity contribution in [2.45, 2.75) is 30.7 Å². The molecule has 0 spiro atoms. The van der Waals surface area contributed by atoms with Crippen LogP contribution >= 0.6 is 0 Å². The predicted molar refractivity (Wildman–Crippen MR) is 62.5 cm³/mol. The van der Waals surface area contributed by atoms with Crippen molar-refractivity contribution in [3.05, 3.63) is 0 Å². The number of carbonyl (C=O) groups excluding carboxylic acids is 2. The third-order valence-corrected chi connectivity index (χ3v) is 2.93. The van der Waals surface area contributed by atoms with Gasteiger partial charge in [0.25, 0.3) is 0 Å². The fourth-order valence-electron chi connectivity index (χ4n) is 1.81. The first kappa shape index (κ1) is 20.6. The number of hydroxylamine groups is 4. The average Bonchev–Trinajstić information content (AvgIpc) is 2.45. The summed E-state index contributed by atoms with van der Waals surface area (Å²) >= 11 is 0. The molecular weight excluding hydrogens is 340 g/mol. The molecule has 0 radical (unpaired) electrons. The van der Waals surface area contributed by atoms with Gasteiger partial charge in [-0.1, -0.05) is 0 Å². The summed E-state index contributed by atoms with van der Waals surface area (Å²) < 4.78 is 14.2. The molecule has 0 aliphatic carbocycles. The molecule has 14 nitrogen and oxygen atoms in total. The van der Waals surface area contributed by atoms with Crippen molar-refractivity contribution in [2.75, 3.05) is 19.7 Å². The number of aliphatic hydroxyl groups excluding tert-OH is 3. The molecule has 14 heteroatoms. The van der Waals surface area contributed by atoms with Crippen molar-refractivity contribution in [3.8, 4) is 0 Å². The lowest BCUT2D eigenvalue weighted by Crippen LogP contribution is -3.08. The van der Waals surface area contributed by atoms with Crippen LogP contribution in [0.1, 0.15) is 0 Å². The van der Waals surface area contributed by atoms with Gasteiger partial charge in [0.15, 0.2) is 0 Å². The molecule has 0 aromatic rings. The number of ether oxygens (including phenoxy) is 3. The molecule has 5 atom stereocenters. The third-order valence-electron chi connectivity index (χ3n) is 2.93. The lowest BCUT2D eigenvalue weighted by molar-refractivity contribution is -1.23. The summed E-state index contributed by atoms with van der Waals surface area (Å²) in [5, 5.41) is 60.9. The molecule has 0 aromatic carbocycles. The third kappa shape index (κ3) is 6.21. The molecule has 0 aromatic heterocycles. The fourth-order valence-corrected chi connectivity index (χ4v) is 1.81. The van der Waals surface area contributed by atoms with Gasteiger partial charge in [0.1, 0.15) is 31.0 Å². The number of esters is 2. The standard InChI is InChI=1S/C10H18N2O12/c13-5(1-11(18)19)22-3-4-7(15)8(16)9(17)10(23-4)24-6(14)2-12(20)21/h4,7-10,15-21H,1-3H2/p+2. The summed E-state index contributed by atoms with van der Waals surface area (Å²) in [6.45, 7) is -2.38. The minimum Gasteiger partial charge on any atom is -0.458 e. The minimum atomic E-state index is -1.84. The van der Waals surface area contributed by atoms with Gasteiger partial charge in [-0.15, -0.1) is 0 Å². The maximum Gasteiger partial charge on any atom is 0.370 e. The molecule has 140 valence electrons. The molecule has 0 saturated carbocycles. The van der Waals surface area contributed by atoms with E-state index in [1.165, 1.54) is 0 Å². The molecule has 9 N–H and O–H groups in total. The van der Waals surface area contributed by atoms with Crippen LogP contribution in [0.3, 0.4) is 0 Å². The van der Waals surface area contributed by atoms with E-state index in [0.717, 1.165) is 0 Å². The number of hydrogen-bond acceptors (Lipinski definition) is 12. The fraction of sp³-hybridized carbons (Fsp3) is 0.800. The summed E-state index contributed by atoms with van der Waals surface area (Å²) in [6.07, 6.45) is -8.53. The molecule has 1 fully saturated rings. The zero-order valence-electron chi connectivity index (χ0n) is 12.2. The first-order chi connectivity index (χ1) is 11.1. The number of nitrogens with one attached hydrogen (secondary N) is 2. The van der Waals surface area contributed by atoms with E-state index in [0.29, 0.717) is 0 Å². The monoisotopic (exact) mass is 360 g/mol. The molecule has 1 aliphatic heterocycles. The Hall–Kier alpha value is -1.46. The Labute approximate surface area is 134 Å². The number of carbonyl (C=O) groups is 2. The molecule has 5 unspecified atom stereocenters. The molecule has 24 heavy (non-hydrogen) atoms. The summed E-state index contributed by atoms with van der Waals surface area (Å²) in [5.74, 6) is -2.27. The van der Waals surface area contributed by atoms with Crippen LogP contribution in [-0.2, 0) is 23.8 Å². The van der Waals surface area contributed by atoms with Crippen molar-refractivity contribution in [1.82, 2.24) is 0 Å². The number of quaternary nitrogens is 2. The van der Waals surface area contributed by atoms with Crippen molar-refractivity contribution in [2.24, 2.45) is 0 Å². The Kier molecular flexibility index (Phi) is 7.84. The van der Waals surface area contributed by atoms with Gasteiger partial charge in [-0.2, -0.15) is 20.8 Å². The van der Waals surface area contributed by atoms with Crippen LogP contribution in [0.4, 0.5) is 0 Å². The quantitative estimate of drug-likeness (QED) is 0.153.